The number of hydrazine groups is 1. The zero-order valence-electron chi connectivity index (χ0n) is 16.2. The first-order valence-corrected chi connectivity index (χ1v) is 8.94. The van der Waals surface area contributed by atoms with Gasteiger partial charge in [0, 0.05) is 24.0 Å². The highest BCUT2D eigenvalue weighted by Gasteiger charge is 2.32. The van der Waals surface area contributed by atoms with E-state index in [1.165, 1.54) is 31.3 Å². The third kappa shape index (κ3) is 5.95. The number of nitrogens with zero attached hydrogens (tertiary/aromatic N) is 1. The number of nitrogens with one attached hydrogen (secondary N) is 3. The average Bonchev–Trinajstić information content (AvgIpc) is 2.73. The molecule has 0 fully saturated rings. The zero-order chi connectivity index (χ0) is 22.4. The summed E-state index contributed by atoms with van der Waals surface area (Å²) in [5.41, 5.74) is 4.88. The van der Waals surface area contributed by atoms with Gasteiger partial charge in [0.1, 0.15) is 17.2 Å². The van der Waals surface area contributed by atoms with E-state index in [0.717, 1.165) is 6.07 Å². The Morgan fingerprint density at radius 2 is 1.81 bits per heavy atom. The summed E-state index contributed by atoms with van der Waals surface area (Å²) in [5, 5.41) is 2.34. The van der Waals surface area contributed by atoms with Gasteiger partial charge in [0.25, 0.3) is 0 Å². The maximum absolute atomic E-state index is 13.0. The second-order valence-corrected chi connectivity index (χ2v) is 6.40. The molecule has 7 nitrogen and oxygen atoms in total. The molecular formula is C21H17F3N4O3. The third-order valence-corrected chi connectivity index (χ3v) is 4.06. The number of hydrogen-bond acceptors (Lipinski definition) is 5. The Bertz CT molecular complexity index is 1100. The molecule has 1 aromatic heterocycles. The minimum atomic E-state index is -4.52. The Morgan fingerprint density at radius 1 is 1.03 bits per heavy atom. The molecule has 3 N–H and O–H groups in total. The number of aryl methyl sites for hydroxylation is 1. The number of halogens is 3. The largest absolute Gasteiger partial charge is 0.457 e. The fourth-order valence-electron chi connectivity index (χ4n) is 2.63. The van der Waals surface area contributed by atoms with Gasteiger partial charge in [-0.2, -0.15) is 13.2 Å². The number of urea groups is 1. The second-order valence-electron chi connectivity index (χ2n) is 6.40. The smallest absolute Gasteiger partial charge is 0.416 e. The molecule has 3 rings (SSSR count). The van der Waals surface area contributed by atoms with Crippen molar-refractivity contribution in [1.29, 1.82) is 0 Å². The van der Waals surface area contributed by atoms with Crippen molar-refractivity contribution in [2.24, 2.45) is 0 Å². The summed E-state index contributed by atoms with van der Waals surface area (Å²) in [6.45, 7) is 1.34. The zero-order valence-corrected chi connectivity index (χ0v) is 16.2. The van der Waals surface area contributed by atoms with Gasteiger partial charge in [-0.05, 0) is 42.8 Å². The molecule has 0 radical (unpaired) electrons. The summed E-state index contributed by atoms with van der Waals surface area (Å²) in [5.74, 6) is 0.823. The van der Waals surface area contributed by atoms with E-state index in [-0.39, 0.29) is 16.9 Å². The van der Waals surface area contributed by atoms with Crippen LogP contribution in [0.15, 0.2) is 60.8 Å². The molecule has 160 valence electrons. The first-order valence-electron chi connectivity index (χ1n) is 8.94. The van der Waals surface area contributed by atoms with Crippen molar-refractivity contribution in [3.05, 3.63) is 77.6 Å². The molecule has 0 aliphatic carbocycles. The number of aldehydes is 1. The van der Waals surface area contributed by atoms with Crippen LogP contribution in [0.25, 0.3) is 0 Å². The van der Waals surface area contributed by atoms with Gasteiger partial charge in [-0.25, -0.2) is 4.79 Å². The van der Waals surface area contributed by atoms with Crippen molar-refractivity contribution >= 4 is 23.7 Å². The lowest BCUT2D eigenvalue weighted by molar-refractivity contribution is -0.138. The molecular weight excluding hydrogens is 413 g/mol. The van der Waals surface area contributed by atoms with E-state index < -0.39 is 17.8 Å². The standard InChI is InChI=1S/C21H17F3N4O3/c1-13-5-6-14(11-19(13)21(22,23)24)26-20(30)28-27-15-3-2-4-17(9-15)31-18-7-8-25-16(10-18)12-29/h2-12,27H,1H3,(H2,26,28,30). The van der Waals surface area contributed by atoms with Crippen LogP contribution in [0.3, 0.4) is 0 Å². The SMILES string of the molecule is Cc1ccc(NC(=O)NNc2cccc(Oc3ccnc(C=O)c3)c2)cc1C(F)(F)F. The second kappa shape index (κ2) is 9.16. The van der Waals surface area contributed by atoms with E-state index in [2.05, 4.69) is 21.2 Å². The Hall–Kier alpha value is -4.08. The highest BCUT2D eigenvalue weighted by atomic mass is 19.4. The van der Waals surface area contributed by atoms with Crippen molar-refractivity contribution < 1.29 is 27.5 Å². The molecule has 10 heteroatoms. The molecule has 3 aromatic rings. The van der Waals surface area contributed by atoms with Gasteiger partial charge in [0.05, 0.1) is 11.3 Å². The van der Waals surface area contributed by atoms with Crippen molar-refractivity contribution in [2.45, 2.75) is 13.1 Å². The van der Waals surface area contributed by atoms with Crippen molar-refractivity contribution in [3.8, 4) is 11.5 Å². The summed E-state index contributed by atoms with van der Waals surface area (Å²) in [4.78, 5) is 26.7. The number of carbonyl (C=O) groups excluding carboxylic acids is 2. The van der Waals surface area contributed by atoms with Crippen LogP contribution in [0.4, 0.5) is 29.3 Å². The molecule has 31 heavy (non-hydrogen) atoms. The Balaban J connectivity index is 1.61. The molecule has 0 spiro atoms. The van der Waals surface area contributed by atoms with Gasteiger partial charge in [-0.1, -0.05) is 12.1 Å². The summed E-state index contributed by atoms with van der Waals surface area (Å²) < 4.78 is 44.6. The molecule has 0 saturated heterocycles. The number of rotatable bonds is 6. The van der Waals surface area contributed by atoms with Crippen LogP contribution in [-0.2, 0) is 6.18 Å². The van der Waals surface area contributed by atoms with Gasteiger partial charge < -0.3 is 10.1 Å². The van der Waals surface area contributed by atoms with Crippen molar-refractivity contribution in [3.63, 3.8) is 0 Å². The van der Waals surface area contributed by atoms with E-state index in [9.17, 15) is 22.8 Å². The first kappa shape index (κ1) is 21.6. The molecule has 0 atom stereocenters. The average molecular weight is 430 g/mol. The fourth-order valence-corrected chi connectivity index (χ4v) is 2.63. The monoisotopic (exact) mass is 430 g/mol. The highest BCUT2D eigenvalue weighted by molar-refractivity contribution is 5.90. The van der Waals surface area contributed by atoms with Gasteiger partial charge in [-0.15, -0.1) is 0 Å². The minimum absolute atomic E-state index is 0.00187. The van der Waals surface area contributed by atoms with Gasteiger partial charge in [-0.3, -0.25) is 20.6 Å². The van der Waals surface area contributed by atoms with Crippen molar-refractivity contribution in [2.75, 3.05) is 10.7 Å². The predicted octanol–water partition coefficient (Wildman–Crippen LogP) is 5.16. The molecule has 0 saturated carbocycles. The molecule has 0 bridgehead atoms. The van der Waals surface area contributed by atoms with Crippen LogP contribution in [0.2, 0.25) is 0 Å². The molecule has 1 heterocycles. The van der Waals surface area contributed by atoms with E-state index in [1.54, 1.807) is 30.3 Å². The van der Waals surface area contributed by atoms with E-state index in [1.807, 2.05) is 0 Å². The number of amides is 2. The van der Waals surface area contributed by atoms with Crippen molar-refractivity contribution in [1.82, 2.24) is 10.4 Å². The molecule has 0 aliphatic rings. The Kier molecular flexibility index (Phi) is 6.39. The number of aromatic nitrogens is 1. The van der Waals surface area contributed by atoms with Crippen LogP contribution in [0, 0.1) is 6.92 Å². The maximum atomic E-state index is 13.0. The minimum Gasteiger partial charge on any atom is -0.457 e. The van der Waals surface area contributed by atoms with Crippen LogP contribution >= 0.6 is 0 Å². The Morgan fingerprint density at radius 3 is 2.55 bits per heavy atom. The summed E-state index contributed by atoms with van der Waals surface area (Å²) >= 11 is 0. The van der Waals surface area contributed by atoms with E-state index in [4.69, 9.17) is 4.74 Å². The first-order chi connectivity index (χ1) is 14.7. The third-order valence-electron chi connectivity index (χ3n) is 4.06. The van der Waals surface area contributed by atoms with E-state index in [0.29, 0.717) is 23.5 Å². The van der Waals surface area contributed by atoms with Crippen LogP contribution in [-0.4, -0.2) is 17.3 Å². The topological polar surface area (TPSA) is 92.3 Å². The maximum Gasteiger partial charge on any atom is 0.416 e. The quantitative estimate of drug-likeness (QED) is 0.371. The number of ether oxygens (including phenoxy) is 1. The number of anilines is 2. The lowest BCUT2D eigenvalue weighted by Gasteiger charge is -2.14. The Labute approximate surface area is 175 Å². The summed E-state index contributed by atoms with van der Waals surface area (Å²) in [6.07, 6.45) is -2.49. The lowest BCUT2D eigenvalue weighted by Crippen LogP contribution is -2.33. The summed E-state index contributed by atoms with van der Waals surface area (Å²) in [6, 6.07) is 12.4. The molecule has 0 unspecified atom stereocenters. The van der Waals surface area contributed by atoms with Crippen LogP contribution < -0.4 is 20.9 Å². The number of alkyl halides is 3. The normalized spacial score (nSPS) is 10.8. The predicted molar refractivity (Wildman–Crippen MR) is 108 cm³/mol. The number of hydrogen-bond donors (Lipinski definition) is 3. The number of benzene rings is 2. The van der Waals surface area contributed by atoms with Crippen LogP contribution in [0.5, 0.6) is 11.5 Å². The summed E-state index contributed by atoms with van der Waals surface area (Å²) in [7, 11) is 0. The lowest BCUT2D eigenvalue weighted by atomic mass is 10.1. The molecule has 2 aromatic carbocycles. The van der Waals surface area contributed by atoms with Gasteiger partial charge in [0.15, 0.2) is 6.29 Å². The van der Waals surface area contributed by atoms with E-state index >= 15 is 0 Å². The number of pyridine rings is 1. The highest BCUT2D eigenvalue weighted by Crippen LogP contribution is 2.33. The van der Waals surface area contributed by atoms with Crippen LogP contribution in [0.1, 0.15) is 21.6 Å². The molecule has 0 aliphatic heterocycles. The van der Waals surface area contributed by atoms with Gasteiger partial charge >= 0.3 is 12.2 Å². The fraction of sp³-hybridized carbons (Fsp3) is 0.0952. The number of carbonyl (C=O) groups is 2. The molecule has 2 amide bonds. The van der Waals surface area contributed by atoms with Gasteiger partial charge in [0.2, 0.25) is 0 Å².